The average molecular weight is 423 g/mol. The second kappa shape index (κ2) is 8.20. The zero-order chi connectivity index (χ0) is 21.2. The van der Waals surface area contributed by atoms with Crippen molar-refractivity contribution < 1.29 is 31.1 Å². The molecule has 29 heavy (non-hydrogen) atoms. The van der Waals surface area contributed by atoms with Crippen molar-refractivity contribution >= 4 is 26.7 Å². The fourth-order valence-electron chi connectivity index (χ4n) is 2.99. The predicted molar refractivity (Wildman–Crippen MR) is 104 cm³/mol. The first-order valence-corrected chi connectivity index (χ1v) is 10.7. The summed E-state index contributed by atoms with van der Waals surface area (Å²) in [7, 11) is -3.42. The molecule has 2 aromatic carbocycles. The van der Waals surface area contributed by atoms with Crippen LogP contribution in [0.4, 0.5) is 8.78 Å². The molecule has 1 aromatic heterocycles. The van der Waals surface area contributed by atoms with Gasteiger partial charge in [-0.25, -0.2) is 8.42 Å². The second-order valence-electron chi connectivity index (χ2n) is 6.62. The molecule has 0 saturated carbocycles. The zero-order valence-corrected chi connectivity index (χ0v) is 16.5. The standard InChI is InChI=1S/C20H19F2NO5S/c1-12(13-6-5-7-14(10-13)27-20(21)22)23-19(24)18-16(11-29(2,25)26)15-8-3-4-9-17(15)28-18/h3-10,12,20H,11H2,1-2H3,(H,23,24). The van der Waals surface area contributed by atoms with Gasteiger partial charge in [0.05, 0.1) is 11.8 Å². The summed E-state index contributed by atoms with van der Waals surface area (Å²) in [5.41, 5.74) is 1.22. The van der Waals surface area contributed by atoms with Crippen LogP contribution in [0, 0.1) is 0 Å². The maximum absolute atomic E-state index is 12.8. The zero-order valence-electron chi connectivity index (χ0n) is 15.7. The number of carbonyl (C=O) groups excluding carboxylic acids is 1. The van der Waals surface area contributed by atoms with Crippen LogP contribution in [0.2, 0.25) is 0 Å². The van der Waals surface area contributed by atoms with Gasteiger partial charge < -0.3 is 14.5 Å². The van der Waals surface area contributed by atoms with Gasteiger partial charge in [-0.2, -0.15) is 8.78 Å². The van der Waals surface area contributed by atoms with Crippen LogP contribution in [0.5, 0.6) is 5.75 Å². The van der Waals surface area contributed by atoms with E-state index in [1.54, 1.807) is 37.3 Å². The number of para-hydroxylation sites is 1. The summed E-state index contributed by atoms with van der Waals surface area (Å²) in [6, 6.07) is 12.2. The molecule has 0 radical (unpaired) electrons. The summed E-state index contributed by atoms with van der Waals surface area (Å²) >= 11 is 0. The summed E-state index contributed by atoms with van der Waals surface area (Å²) in [5, 5.41) is 3.25. The maximum Gasteiger partial charge on any atom is 0.387 e. The Balaban J connectivity index is 1.89. The fourth-order valence-corrected chi connectivity index (χ4v) is 3.80. The van der Waals surface area contributed by atoms with Gasteiger partial charge in [0.1, 0.15) is 11.3 Å². The molecule has 0 saturated heterocycles. The van der Waals surface area contributed by atoms with Crippen molar-refractivity contribution in [3.05, 3.63) is 65.4 Å². The number of amides is 1. The van der Waals surface area contributed by atoms with Gasteiger partial charge >= 0.3 is 6.61 Å². The summed E-state index contributed by atoms with van der Waals surface area (Å²) in [6.45, 7) is -1.29. The van der Waals surface area contributed by atoms with Crippen LogP contribution in [0.25, 0.3) is 11.0 Å². The molecule has 3 rings (SSSR count). The molecule has 154 valence electrons. The van der Waals surface area contributed by atoms with E-state index in [4.69, 9.17) is 4.42 Å². The second-order valence-corrected chi connectivity index (χ2v) is 8.76. The summed E-state index contributed by atoms with van der Waals surface area (Å²) in [4.78, 5) is 12.8. The third-order valence-corrected chi connectivity index (χ3v) is 5.05. The fraction of sp³-hybridized carbons (Fsp3) is 0.250. The molecule has 0 spiro atoms. The number of rotatable bonds is 7. The van der Waals surface area contributed by atoms with Crippen molar-refractivity contribution in [1.82, 2.24) is 5.32 Å². The Kier molecular flexibility index (Phi) is 5.88. The van der Waals surface area contributed by atoms with E-state index in [0.717, 1.165) is 6.26 Å². The predicted octanol–water partition coefficient (Wildman–Crippen LogP) is 4.07. The Morgan fingerprint density at radius 3 is 2.59 bits per heavy atom. The van der Waals surface area contributed by atoms with Gasteiger partial charge in [-0.1, -0.05) is 30.3 Å². The van der Waals surface area contributed by atoms with E-state index in [1.807, 2.05) is 0 Å². The molecule has 9 heteroatoms. The van der Waals surface area contributed by atoms with Gasteiger partial charge in [-0.15, -0.1) is 0 Å². The molecular weight excluding hydrogens is 404 g/mol. The lowest BCUT2D eigenvalue weighted by molar-refractivity contribution is -0.0499. The van der Waals surface area contributed by atoms with Crippen molar-refractivity contribution in [2.45, 2.75) is 25.3 Å². The number of halogens is 2. The molecular formula is C20H19F2NO5S. The van der Waals surface area contributed by atoms with Crippen LogP contribution in [-0.2, 0) is 15.6 Å². The lowest BCUT2D eigenvalue weighted by Gasteiger charge is -2.15. The molecule has 0 bridgehead atoms. The quantitative estimate of drug-likeness (QED) is 0.619. The topological polar surface area (TPSA) is 85.6 Å². The number of hydrogen-bond donors (Lipinski definition) is 1. The Hall–Kier alpha value is -2.94. The molecule has 6 nitrogen and oxygen atoms in total. The molecule has 1 atom stereocenters. The van der Waals surface area contributed by atoms with E-state index in [1.165, 1.54) is 18.2 Å². The van der Waals surface area contributed by atoms with Crippen LogP contribution >= 0.6 is 0 Å². The molecule has 3 aromatic rings. The third-order valence-electron chi connectivity index (χ3n) is 4.24. The van der Waals surface area contributed by atoms with E-state index in [0.29, 0.717) is 16.5 Å². The molecule has 0 aliphatic rings. The number of benzene rings is 2. The van der Waals surface area contributed by atoms with E-state index in [2.05, 4.69) is 10.1 Å². The number of fused-ring (bicyclic) bond motifs is 1. The van der Waals surface area contributed by atoms with E-state index in [9.17, 15) is 22.0 Å². The van der Waals surface area contributed by atoms with E-state index >= 15 is 0 Å². The Bertz CT molecular complexity index is 1140. The molecule has 1 N–H and O–H groups in total. The number of carbonyl (C=O) groups is 1. The Labute approximate surface area is 166 Å². The summed E-state index contributed by atoms with van der Waals surface area (Å²) in [6.07, 6.45) is 1.08. The van der Waals surface area contributed by atoms with Gasteiger partial charge in [0, 0.05) is 17.2 Å². The highest BCUT2D eigenvalue weighted by Crippen LogP contribution is 2.28. The number of alkyl halides is 2. The lowest BCUT2D eigenvalue weighted by atomic mass is 10.1. The smallest absolute Gasteiger partial charge is 0.387 e. The number of nitrogens with one attached hydrogen (secondary N) is 1. The number of hydrogen-bond acceptors (Lipinski definition) is 5. The van der Waals surface area contributed by atoms with Crippen LogP contribution in [-0.4, -0.2) is 27.2 Å². The molecule has 0 aliphatic carbocycles. The lowest BCUT2D eigenvalue weighted by Crippen LogP contribution is -2.27. The normalized spacial score (nSPS) is 12.9. The van der Waals surface area contributed by atoms with Crippen molar-refractivity contribution in [2.75, 3.05) is 6.26 Å². The van der Waals surface area contributed by atoms with E-state index in [-0.39, 0.29) is 22.8 Å². The van der Waals surface area contributed by atoms with Gasteiger partial charge in [0.15, 0.2) is 15.6 Å². The number of ether oxygens (including phenoxy) is 1. The van der Waals surface area contributed by atoms with E-state index < -0.39 is 28.4 Å². The first-order valence-electron chi connectivity index (χ1n) is 8.68. The highest BCUT2D eigenvalue weighted by molar-refractivity contribution is 7.89. The minimum absolute atomic E-state index is 0.0277. The molecule has 0 fully saturated rings. The average Bonchev–Trinajstić information content (AvgIpc) is 2.98. The van der Waals surface area contributed by atoms with Crippen molar-refractivity contribution in [3.8, 4) is 5.75 Å². The first-order chi connectivity index (χ1) is 13.6. The highest BCUT2D eigenvalue weighted by atomic mass is 32.2. The SMILES string of the molecule is CC(NC(=O)c1oc2ccccc2c1CS(C)(=O)=O)c1cccc(OC(F)F)c1. The summed E-state index contributed by atoms with van der Waals surface area (Å²) < 4.78 is 58.5. The Morgan fingerprint density at radius 1 is 1.17 bits per heavy atom. The van der Waals surface area contributed by atoms with Crippen molar-refractivity contribution in [2.24, 2.45) is 0 Å². The minimum Gasteiger partial charge on any atom is -0.451 e. The molecule has 1 unspecified atom stereocenters. The van der Waals surface area contributed by atoms with Crippen LogP contribution in [0.1, 0.15) is 34.6 Å². The molecule has 0 aliphatic heterocycles. The minimum atomic E-state index is -3.42. The first kappa shape index (κ1) is 20.8. The summed E-state index contributed by atoms with van der Waals surface area (Å²) in [5.74, 6) is -1.07. The van der Waals surface area contributed by atoms with Gasteiger partial charge in [-0.3, -0.25) is 4.79 Å². The van der Waals surface area contributed by atoms with Gasteiger partial charge in [0.25, 0.3) is 5.91 Å². The Morgan fingerprint density at radius 2 is 1.90 bits per heavy atom. The number of sulfone groups is 1. The highest BCUT2D eigenvalue weighted by Gasteiger charge is 2.24. The van der Waals surface area contributed by atoms with Gasteiger partial charge in [0.2, 0.25) is 0 Å². The third kappa shape index (κ3) is 5.11. The monoisotopic (exact) mass is 423 g/mol. The van der Waals surface area contributed by atoms with Crippen LogP contribution in [0.3, 0.4) is 0 Å². The maximum atomic E-state index is 12.8. The molecule has 1 amide bonds. The molecule has 1 heterocycles. The largest absolute Gasteiger partial charge is 0.451 e. The number of furan rings is 1. The van der Waals surface area contributed by atoms with Crippen LogP contribution < -0.4 is 10.1 Å². The van der Waals surface area contributed by atoms with Crippen LogP contribution in [0.15, 0.2) is 52.9 Å². The van der Waals surface area contributed by atoms with Crippen molar-refractivity contribution in [1.29, 1.82) is 0 Å². The van der Waals surface area contributed by atoms with Crippen molar-refractivity contribution in [3.63, 3.8) is 0 Å². The van der Waals surface area contributed by atoms with Gasteiger partial charge in [-0.05, 0) is 30.7 Å².